The lowest BCUT2D eigenvalue weighted by Crippen LogP contribution is -2.18. The van der Waals surface area contributed by atoms with Gasteiger partial charge in [-0.15, -0.1) is 0 Å². The first kappa shape index (κ1) is 9.56. The van der Waals surface area contributed by atoms with Crippen LogP contribution in [0.1, 0.15) is 44.3 Å². The van der Waals surface area contributed by atoms with E-state index in [1.807, 2.05) is 13.1 Å². The van der Waals surface area contributed by atoms with Crippen molar-refractivity contribution in [2.75, 3.05) is 5.73 Å². The minimum absolute atomic E-state index is 0.578. The molecule has 1 aliphatic carbocycles. The molecule has 2 rings (SSSR count). The van der Waals surface area contributed by atoms with E-state index in [1.54, 1.807) is 0 Å². The van der Waals surface area contributed by atoms with Gasteiger partial charge in [-0.1, -0.05) is 19.8 Å². The number of aromatic nitrogens is 2. The van der Waals surface area contributed by atoms with E-state index in [0.29, 0.717) is 6.04 Å². The first-order chi connectivity index (χ1) is 6.66. The van der Waals surface area contributed by atoms with E-state index in [2.05, 4.69) is 16.7 Å². The Bertz CT molecular complexity index is 297. The molecule has 1 fully saturated rings. The van der Waals surface area contributed by atoms with Crippen LogP contribution in [0.3, 0.4) is 0 Å². The Morgan fingerprint density at radius 3 is 2.86 bits per heavy atom. The van der Waals surface area contributed by atoms with E-state index < -0.39 is 0 Å². The lowest BCUT2D eigenvalue weighted by molar-refractivity contribution is 0.266. The molecule has 2 unspecified atom stereocenters. The zero-order valence-electron chi connectivity index (χ0n) is 9.03. The van der Waals surface area contributed by atoms with Crippen molar-refractivity contribution in [3.63, 3.8) is 0 Å². The highest BCUT2D eigenvalue weighted by Crippen LogP contribution is 2.32. The minimum atomic E-state index is 0.578. The topological polar surface area (TPSA) is 43.8 Å². The number of hydrogen-bond donors (Lipinski definition) is 1. The van der Waals surface area contributed by atoms with E-state index in [0.717, 1.165) is 17.3 Å². The van der Waals surface area contributed by atoms with E-state index in [4.69, 9.17) is 5.73 Å². The highest BCUT2D eigenvalue weighted by Gasteiger charge is 2.21. The molecule has 1 aliphatic rings. The van der Waals surface area contributed by atoms with Gasteiger partial charge in [0, 0.05) is 6.20 Å². The Morgan fingerprint density at radius 2 is 2.29 bits per heavy atom. The van der Waals surface area contributed by atoms with Crippen LogP contribution in [-0.4, -0.2) is 9.78 Å². The molecular weight excluding hydrogens is 174 g/mol. The smallest absolute Gasteiger partial charge is 0.0823 e. The molecule has 0 bridgehead atoms. The molecule has 78 valence electrons. The summed E-state index contributed by atoms with van der Waals surface area (Å²) in [6.45, 7) is 4.30. The Hall–Kier alpha value is -0.990. The molecule has 0 aliphatic heterocycles. The average molecular weight is 193 g/mol. The maximum absolute atomic E-state index is 5.80. The summed E-state index contributed by atoms with van der Waals surface area (Å²) in [7, 11) is 0. The molecule has 0 saturated heterocycles. The van der Waals surface area contributed by atoms with Gasteiger partial charge in [-0.05, 0) is 25.7 Å². The summed E-state index contributed by atoms with van der Waals surface area (Å²) in [6, 6.07) is 0.578. The van der Waals surface area contributed by atoms with Gasteiger partial charge >= 0.3 is 0 Å². The van der Waals surface area contributed by atoms with Crippen molar-refractivity contribution in [2.24, 2.45) is 5.92 Å². The zero-order valence-corrected chi connectivity index (χ0v) is 9.03. The standard InChI is InChI=1S/C11H19N3/c1-8-4-3-5-10(6-8)14-7-11(12)9(2)13-14/h7-8,10H,3-6,12H2,1-2H3. The van der Waals surface area contributed by atoms with Gasteiger partial charge in [0.15, 0.2) is 0 Å². The van der Waals surface area contributed by atoms with Crippen LogP contribution in [0.25, 0.3) is 0 Å². The fourth-order valence-electron chi connectivity index (χ4n) is 2.33. The van der Waals surface area contributed by atoms with Crippen LogP contribution < -0.4 is 5.73 Å². The second kappa shape index (κ2) is 3.64. The van der Waals surface area contributed by atoms with E-state index in [9.17, 15) is 0 Å². The monoisotopic (exact) mass is 193 g/mol. The van der Waals surface area contributed by atoms with Crippen LogP contribution in [0.4, 0.5) is 5.69 Å². The highest BCUT2D eigenvalue weighted by molar-refractivity contribution is 5.39. The molecule has 2 atom stereocenters. The Balaban J connectivity index is 2.14. The number of anilines is 1. The van der Waals surface area contributed by atoms with E-state index >= 15 is 0 Å². The van der Waals surface area contributed by atoms with E-state index in [1.165, 1.54) is 25.7 Å². The van der Waals surface area contributed by atoms with Gasteiger partial charge in [0.1, 0.15) is 0 Å². The molecule has 2 N–H and O–H groups in total. The lowest BCUT2D eigenvalue weighted by atomic mass is 9.87. The zero-order chi connectivity index (χ0) is 10.1. The predicted octanol–water partition coefficient (Wildman–Crippen LogP) is 2.52. The van der Waals surface area contributed by atoms with E-state index in [-0.39, 0.29) is 0 Å². The second-order valence-electron chi connectivity index (χ2n) is 4.58. The molecule has 0 radical (unpaired) electrons. The number of nitrogens with zero attached hydrogens (tertiary/aromatic N) is 2. The minimum Gasteiger partial charge on any atom is -0.396 e. The lowest BCUT2D eigenvalue weighted by Gasteiger charge is -2.26. The predicted molar refractivity (Wildman–Crippen MR) is 58.0 cm³/mol. The quantitative estimate of drug-likeness (QED) is 0.744. The maximum atomic E-state index is 5.80. The number of hydrogen-bond acceptors (Lipinski definition) is 2. The first-order valence-electron chi connectivity index (χ1n) is 5.48. The molecule has 0 amide bonds. The summed E-state index contributed by atoms with van der Waals surface area (Å²) in [4.78, 5) is 0. The van der Waals surface area contributed by atoms with Crippen LogP contribution >= 0.6 is 0 Å². The normalized spacial score (nSPS) is 27.9. The Morgan fingerprint density at radius 1 is 1.50 bits per heavy atom. The Labute approximate surface area is 85.3 Å². The molecule has 14 heavy (non-hydrogen) atoms. The molecule has 0 spiro atoms. The number of aryl methyl sites for hydroxylation is 1. The third-order valence-electron chi connectivity index (χ3n) is 3.24. The van der Waals surface area contributed by atoms with Crippen molar-refractivity contribution in [2.45, 2.75) is 45.6 Å². The third-order valence-corrected chi connectivity index (χ3v) is 3.24. The third kappa shape index (κ3) is 1.76. The second-order valence-corrected chi connectivity index (χ2v) is 4.58. The summed E-state index contributed by atoms with van der Waals surface area (Å²) in [5.41, 5.74) is 7.58. The van der Waals surface area contributed by atoms with Crippen molar-refractivity contribution >= 4 is 5.69 Å². The summed E-state index contributed by atoms with van der Waals surface area (Å²) in [5, 5.41) is 4.46. The van der Waals surface area contributed by atoms with Gasteiger partial charge in [0.25, 0.3) is 0 Å². The molecule has 3 heteroatoms. The SMILES string of the molecule is Cc1nn(C2CCCC(C)C2)cc1N. The molecular formula is C11H19N3. The van der Waals surface area contributed by atoms with Crippen LogP contribution in [0.2, 0.25) is 0 Å². The fraction of sp³-hybridized carbons (Fsp3) is 0.727. The van der Waals surface area contributed by atoms with Crippen molar-refractivity contribution in [3.05, 3.63) is 11.9 Å². The fourth-order valence-corrected chi connectivity index (χ4v) is 2.33. The van der Waals surface area contributed by atoms with Gasteiger partial charge in [-0.2, -0.15) is 5.10 Å². The van der Waals surface area contributed by atoms with Crippen molar-refractivity contribution in [1.82, 2.24) is 9.78 Å². The summed E-state index contributed by atoms with van der Waals surface area (Å²) in [5.74, 6) is 0.833. The van der Waals surface area contributed by atoms with Crippen molar-refractivity contribution < 1.29 is 0 Å². The van der Waals surface area contributed by atoms with Crippen molar-refractivity contribution in [1.29, 1.82) is 0 Å². The van der Waals surface area contributed by atoms with Gasteiger partial charge in [-0.25, -0.2) is 0 Å². The number of rotatable bonds is 1. The highest BCUT2D eigenvalue weighted by atomic mass is 15.3. The van der Waals surface area contributed by atoms with Gasteiger partial charge in [0.2, 0.25) is 0 Å². The van der Waals surface area contributed by atoms with Gasteiger partial charge < -0.3 is 5.73 Å². The Kier molecular flexibility index (Phi) is 2.48. The summed E-state index contributed by atoms with van der Waals surface area (Å²) in [6.07, 6.45) is 7.18. The summed E-state index contributed by atoms with van der Waals surface area (Å²) >= 11 is 0. The molecule has 1 heterocycles. The van der Waals surface area contributed by atoms with Crippen molar-refractivity contribution in [3.8, 4) is 0 Å². The van der Waals surface area contributed by atoms with Crippen LogP contribution in [0, 0.1) is 12.8 Å². The molecule has 0 aromatic carbocycles. The molecule has 1 aromatic rings. The molecule has 1 aromatic heterocycles. The number of nitrogens with two attached hydrogens (primary N) is 1. The van der Waals surface area contributed by atoms with Crippen LogP contribution in [0.5, 0.6) is 0 Å². The summed E-state index contributed by atoms with van der Waals surface area (Å²) < 4.78 is 2.07. The first-order valence-corrected chi connectivity index (χ1v) is 5.48. The van der Waals surface area contributed by atoms with Gasteiger partial charge in [-0.3, -0.25) is 4.68 Å². The van der Waals surface area contributed by atoms with Crippen LogP contribution in [0.15, 0.2) is 6.20 Å². The molecule has 1 saturated carbocycles. The van der Waals surface area contributed by atoms with Crippen LogP contribution in [-0.2, 0) is 0 Å². The largest absolute Gasteiger partial charge is 0.396 e. The molecule has 3 nitrogen and oxygen atoms in total. The van der Waals surface area contributed by atoms with Gasteiger partial charge in [0.05, 0.1) is 17.4 Å². The number of nitrogen functional groups attached to an aromatic ring is 1. The maximum Gasteiger partial charge on any atom is 0.0823 e. The average Bonchev–Trinajstić information content (AvgIpc) is 2.47.